The van der Waals surface area contributed by atoms with Crippen molar-refractivity contribution in [1.82, 2.24) is 5.32 Å². The molecule has 10 heteroatoms. The smallest absolute Gasteiger partial charge is 0.331 e. The SMILES string of the molecule is COC(=O)/C=C1/S/C(=N\N=Cc2ccc(OC)c(OCc3cccc(Cl)c3)c2)NC1=O. The summed E-state index contributed by atoms with van der Waals surface area (Å²) in [6.07, 6.45) is 2.60. The van der Waals surface area contributed by atoms with Gasteiger partial charge in [0.25, 0.3) is 5.91 Å². The third kappa shape index (κ3) is 6.34. The molecule has 0 unspecified atom stereocenters. The van der Waals surface area contributed by atoms with E-state index in [9.17, 15) is 9.59 Å². The van der Waals surface area contributed by atoms with Gasteiger partial charge in [-0.05, 0) is 53.2 Å². The summed E-state index contributed by atoms with van der Waals surface area (Å²) in [7, 11) is 2.79. The number of benzene rings is 2. The fourth-order valence-corrected chi connectivity index (χ4v) is 3.42. The molecular weight excluding hydrogens is 442 g/mol. The molecular formula is C21H18ClN3O5S. The Labute approximate surface area is 187 Å². The lowest BCUT2D eigenvalue weighted by atomic mass is 10.2. The number of nitrogens with one attached hydrogen (secondary N) is 1. The van der Waals surface area contributed by atoms with Crippen molar-refractivity contribution in [2.75, 3.05) is 14.2 Å². The number of hydrogen-bond donors (Lipinski definition) is 1. The molecule has 2 aromatic carbocycles. The summed E-state index contributed by atoms with van der Waals surface area (Å²) >= 11 is 7.00. The minimum Gasteiger partial charge on any atom is -0.493 e. The first-order valence-corrected chi connectivity index (χ1v) is 10.1. The number of carbonyl (C=O) groups is 2. The molecule has 1 heterocycles. The summed E-state index contributed by atoms with van der Waals surface area (Å²) in [6, 6.07) is 12.7. The quantitative estimate of drug-likeness (QED) is 0.294. The third-order valence-corrected chi connectivity index (χ3v) is 5.06. The monoisotopic (exact) mass is 459 g/mol. The number of amides is 1. The zero-order valence-electron chi connectivity index (χ0n) is 16.6. The maximum Gasteiger partial charge on any atom is 0.331 e. The maximum absolute atomic E-state index is 11.8. The molecule has 0 atom stereocenters. The number of thioether (sulfide) groups is 1. The number of methoxy groups -OCH3 is 2. The number of amidine groups is 1. The van der Waals surface area contributed by atoms with Crippen LogP contribution in [0.1, 0.15) is 11.1 Å². The molecule has 1 amide bonds. The van der Waals surface area contributed by atoms with E-state index in [-0.39, 0.29) is 10.1 Å². The molecule has 0 aromatic heterocycles. The molecule has 1 saturated heterocycles. The van der Waals surface area contributed by atoms with Crippen LogP contribution in [-0.2, 0) is 20.9 Å². The summed E-state index contributed by atoms with van der Waals surface area (Å²) < 4.78 is 15.7. The largest absolute Gasteiger partial charge is 0.493 e. The number of rotatable bonds is 7. The number of nitrogens with zero attached hydrogens (tertiary/aromatic N) is 2. The van der Waals surface area contributed by atoms with Gasteiger partial charge in [-0.3, -0.25) is 10.1 Å². The number of hydrogen-bond acceptors (Lipinski definition) is 8. The van der Waals surface area contributed by atoms with E-state index in [1.165, 1.54) is 13.3 Å². The van der Waals surface area contributed by atoms with Crippen LogP contribution in [0.3, 0.4) is 0 Å². The van der Waals surface area contributed by atoms with E-state index in [0.29, 0.717) is 28.7 Å². The summed E-state index contributed by atoms with van der Waals surface area (Å²) in [5, 5.41) is 11.4. The Balaban J connectivity index is 1.69. The van der Waals surface area contributed by atoms with Gasteiger partial charge in [0.15, 0.2) is 16.7 Å². The van der Waals surface area contributed by atoms with E-state index >= 15 is 0 Å². The van der Waals surface area contributed by atoms with E-state index in [1.807, 2.05) is 18.2 Å². The molecule has 1 N–H and O–H groups in total. The molecule has 0 saturated carbocycles. The average Bonchev–Trinajstić information content (AvgIpc) is 3.11. The molecule has 0 radical (unpaired) electrons. The van der Waals surface area contributed by atoms with Gasteiger partial charge in [0.05, 0.1) is 25.3 Å². The van der Waals surface area contributed by atoms with Gasteiger partial charge in [0.1, 0.15) is 6.61 Å². The summed E-state index contributed by atoms with van der Waals surface area (Å²) in [5.41, 5.74) is 1.63. The Morgan fingerprint density at radius 3 is 2.77 bits per heavy atom. The zero-order valence-corrected chi connectivity index (χ0v) is 18.2. The predicted octanol–water partition coefficient (Wildman–Crippen LogP) is 3.54. The standard InChI is InChI=1S/C21H18ClN3O5S/c1-28-16-7-6-13(9-17(16)30-12-14-4-3-5-15(22)8-14)11-23-25-21-24-20(27)18(31-21)10-19(26)29-2/h3-11H,12H2,1-2H3,(H,24,25,27)/b18-10+,23-11?. The first-order valence-electron chi connectivity index (χ1n) is 8.93. The molecule has 1 fully saturated rings. The minimum atomic E-state index is -0.620. The number of ether oxygens (including phenoxy) is 3. The second-order valence-electron chi connectivity index (χ2n) is 6.07. The topological polar surface area (TPSA) is 98.6 Å². The molecule has 3 rings (SSSR count). The fraction of sp³-hybridized carbons (Fsp3) is 0.143. The van der Waals surface area contributed by atoms with Crippen LogP contribution >= 0.6 is 23.4 Å². The Morgan fingerprint density at radius 1 is 1.19 bits per heavy atom. The van der Waals surface area contributed by atoms with Gasteiger partial charge in [-0.1, -0.05) is 23.7 Å². The van der Waals surface area contributed by atoms with Crippen molar-refractivity contribution in [2.45, 2.75) is 6.61 Å². The van der Waals surface area contributed by atoms with Crippen molar-refractivity contribution in [3.63, 3.8) is 0 Å². The van der Waals surface area contributed by atoms with Crippen molar-refractivity contribution in [2.24, 2.45) is 10.2 Å². The molecule has 1 aliphatic heterocycles. The van der Waals surface area contributed by atoms with Crippen LogP contribution in [0.4, 0.5) is 0 Å². The summed E-state index contributed by atoms with van der Waals surface area (Å²) in [5.74, 6) is 0.0454. The highest BCUT2D eigenvalue weighted by Crippen LogP contribution is 2.29. The van der Waals surface area contributed by atoms with Crippen LogP contribution in [0.5, 0.6) is 11.5 Å². The first-order chi connectivity index (χ1) is 15.0. The Morgan fingerprint density at radius 2 is 2.03 bits per heavy atom. The summed E-state index contributed by atoms with van der Waals surface area (Å²) in [6.45, 7) is 0.317. The van der Waals surface area contributed by atoms with Crippen LogP contribution in [0.15, 0.2) is 63.6 Å². The number of carbonyl (C=O) groups excluding carboxylic acids is 2. The highest BCUT2D eigenvalue weighted by molar-refractivity contribution is 8.18. The molecule has 0 spiro atoms. The van der Waals surface area contributed by atoms with Crippen LogP contribution in [0.25, 0.3) is 0 Å². The van der Waals surface area contributed by atoms with Crippen molar-refractivity contribution in [3.8, 4) is 11.5 Å². The van der Waals surface area contributed by atoms with Crippen LogP contribution < -0.4 is 14.8 Å². The van der Waals surface area contributed by atoms with Crippen LogP contribution in [0.2, 0.25) is 5.02 Å². The van der Waals surface area contributed by atoms with Gasteiger partial charge in [-0.25, -0.2) is 4.79 Å². The molecule has 31 heavy (non-hydrogen) atoms. The van der Waals surface area contributed by atoms with Crippen LogP contribution in [-0.4, -0.2) is 37.5 Å². The van der Waals surface area contributed by atoms with Crippen molar-refractivity contribution < 1.29 is 23.8 Å². The van der Waals surface area contributed by atoms with E-state index in [2.05, 4.69) is 20.3 Å². The second kappa shape index (κ2) is 10.6. The van der Waals surface area contributed by atoms with Crippen molar-refractivity contribution in [1.29, 1.82) is 0 Å². The van der Waals surface area contributed by atoms with Gasteiger partial charge in [0.2, 0.25) is 0 Å². The van der Waals surface area contributed by atoms with Gasteiger partial charge >= 0.3 is 5.97 Å². The molecule has 2 aromatic rings. The normalized spacial score (nSPS) is 16.0. The van der Waals surface area contributed by atoms with E-state index in [1.54, 1.807) is 31.4 Å². The van der Waals surface area contributed by atoms with Gasteiger partial charge in [-0.15, -0.1) is 5.10 Å². The second-order valence-corrected chi connectivity index (χ2v) is 7.53. The molecule has 0 bridgehead atoms. The molecule has 1 aliphatic rings. The van der Waals surface area contributed by atoms with Gasteiger partial charge in [0, 0.05) is 11.1 Å². The van der Waals surface area contributed by atoms with E-state index < -0.39 is 11.9 Å². The van der Waals surface area contributed by atoms with E-state index in [0.717, 1.165) is 23.4 Å². The highest BCUT2D eigenvalue weighted by Gasteiger charge is 2.25. The fourth-order valence-electron chi connectivity index (χ4n) is 2.46. The Bertz CT molecular complexity index is 1080. The third-order valence-electron chi connectivity index (χ3n) is 3.93. The van der Waals surface area contributed by atoms with Crippen LogP contribution in [0, 0.1) is 0 Å². The number of esters is 1. The lowest BCUT2D eigenvalue weighted by molar-refractivity contribution is -0.135. The molecule has 0 aliphatic carbocycles. The number of halogens is 1. The van der Waals surface area contributed by atoms with Crippen molar-refractivity contribution in [3.05, 3.63) is 69.6 Å². The summed E-state index contributed by atoms with van der Waals surface area (Å²) in [4.78, 5) is 23.3. The Kier molecular flexibility index (Phi) is 7.69. The first kappa shape index (κ1) is 22.4. The Hall–Kier alpha value is -3.30. The van der Waals surface area contributed by atoms with Gasteiger partial charge in [-0.2, -0.15) is 5.10 Å². The molecule has 160 valence electrons. The molecule has 8 nitrogen and oxygen atoms in total. The average molecular weight is 460 g/mol. The highest BCUT2D eigenvalue weighted by atomic mass is 35.5. The minimum absolute atomic E-state index is 0.182. The van der Waals surface area contributed by atoms with Crippen molar-refractivity contribution >= 4 is 46.6 Å². The van der Waals surface area contributed by atoms with Gasteiger partial charge < -0.3 is 14.2 Å². The zero-order chi connectivity index (χ0) is 22.2. The van der Waals surface area contributed by atoms with E-state index in [4.69, 9.17) is 21.1 Å². The predicted molar refractivity (Wildman–Crippen MR) is 120 cm³/mol. The lowest BCUT2D eigenvalue weighted by Gasteiger charge is -2.11. The lowest BCUT2D eigenvalue weighted by Crippen LogP contribution is -2.19. The maximum atomic E-state index is 11.8.